The molecule has 1 fully saturated rings. The van der Waals surface area contributed by atoms with Gasteiger partial charge in [-0.1, -0.05) is 65.8 Å². The van der Waals surface area contributed by atoms with Crippen LogP contribution < -0.4 is 0 Å². The van der Waals surface area contributed by atoms with E-state index >= 15 is 0 Å². The van der Waals surface area contributed by atoms with Gasteiger partial charge in [-0.25, -0.2) is 4.39 Å². The quantitative estimate of drug-likeness (QED) is 0.410. The molecule has 3 aromatic rings. The van der Waals surface area contributed by atoms with Crippen molar-refractivity contribution in [3.8, 4) is 11.1 Å². The summed E-state index contributed by atoms with van der Waals surface area (Å²) in [6, 6.07) is 22.3. The topological polar surface area (TPSA) is 74.7 Å². The molecule has 39 heavy (non-hydrogen) atoms. The van der Waals surface area contributed by atoms with Gasteiger partial charge in [0.1, 0.15) is 6.67 Å². The van der Waals surface area contributed by atoms with E-state index in [0.717, 1.165) is 36.3 Å². The first-order valence-corrected chi connectivity index (χ1v) is 13.1. The van der Waals surface area contributed by atoms with Crippen LogP contribution in [-0.4, -0.2) is 78.3 Å². The number of amidine groups is 1. The van der Waals surface area contributed by atoms with Crippen molar-refractivity contribution >= 4 is 17.6 Å². The smallest absolute Gasteiger partial charge is 0.261 e. The molecule has 0 bridgehead atoms. The van der Waals surface area contributed by atoms with Crippen LogP contribution in [0.1, 0.15) is 38.1 Å². The molecule has 3 heterocycles. The third-order valence-corrected chi connectivity index (χ3v) is 7.45. The fourth-order valence-corrected chi connectivity index (χ4v) is 5.19. The van der Waals surface area contributed by atoms with E-state index in [-0.39, 0.29) is 18.4 Å². The number of amides is 2. The van der Waals surface area contributed by atoms with Crippen molar-refractivity contribution in [2.24, 2.45) is 5.16 Å². The molecule has 6 rings (SSSR count). The highest BCUT2D eigenvalue weighted by Gasteiger charge is 2.40. The summed E-state index contributed by atoms with van der Waals surface area (Å²) >= 11 is 0. The van der Waals surface area contributed by atoms with E-state index in [1.54, 1.807) is 36.4 Å². The summed E-state index contributed by atoms with van der Waals surface area (Å²) in [5.41, 5.74) is 4.38. The van der Waals surface area contributed by atoms with Crippen LogP contribution in [0, 0.1) is 0 Å². The summed E-state index contributed by atoms with van der Waals surface area (Å²) < 4.78 is 18.4. The fraction of sp³-hybridized carbons (Fsp3) is 0.300. The second-order valence-electron chi connectivity index (χ2n) is 9.81. The number of nitrogens with zero attached hydrogens (tertiary/aromatic N) is 4. The zero-order valence-electron chi connectivity index (χ0n) is 21.5. The number of morpholine rings is 1. The highest BCUT2D eigenvalue weighted by Crippen LogP contribution is 2.32. The Morgan fingerprint density at radius 2 is 1.44 bits per heavy atom. The molecule has 0 saturated carbocycles. The Morgan fingerprint density at radius 3 is 2.05 bits per heavy atom. The van der Waals surface area contributed by atoms with Crippen molar-refractivity contribution in [1.29, 1.82) is 0 Å². The van der Waals surface area contributed by atoms with Crippen LogP contribution >= 0.6 is 0 Å². The molecule has 1 unspecified atom stereocenters. The Morgan fingerprint density at radius 1 is 0.821 bits per heavy atom. The first kappa shape index (κ1) is 25.2. The van der Waals surface area contributed by atoms with Gasteiger partial charge in [0.25, 0.3) is 11.8 Å². The minimum Gasteiger partial charge on any atom is -0.379 e. The molecule has 0 N–H and O–H groups in total. The van der Waals surface area contributed by atoms with Gasteiger partial charge in [-0.3, -0.25) is 19.4 Å². The Balaban J connectivity index is 1.21. The van der Waals surface area contributed by atoms with Gasteiger partial charge in [0, 0.05) is 31.7 Å². The lowest BCUT2D eigenvalue weighted by atomic mass is 10.0. The minimum atomic E-state index is -0.487. The van der Waals surface area contributed by atoms with Gasteiger partial charge in [-0.05, 0) is 28.8 Å². The van der Waals surface area contributed by atoms with Gasteiger partial charge in [-0.15, -0.1) is 0 Å². The molecule has 200 valence electrons. The van der Waals surface area contributed by atoms with Gasteiger partial charge in [0.15, 0.2) is 5.84 Å². The van der Waals surface area contributed by atoms with Gasteiger partial charge >= 0.3 is 0 Å². The summed E-state index contributed by atoms with van der Waals surface area (Å²) in [6.07, 6.45) is -0.487. The molecule has 0 radical (unpaired) electrons. The molecular formula is C30H29FN4O4. The minimum absolute atomic E-state index is 0.0327. The summed E-state index contributed by atoms with van der Waals surface area (Å²) in [5, 5.41) is 4.35. The number of hydrogen-bond donors (Lipinski definition) is 0. The lowest BCUT2D eigenvalue weighted by Crippen LogP contribution is -2.46. The van der Waals surface area contributed by atoms with E-state index in [2.05, 4.69) is 10.1 Å². The van der Waals surface area contributed by atoms with E-state index in [1.165, 1.54) is 4.90 Å². The highest BCUT2D eigenvalue weighted by atomic mass is 19.1. The summed E-state index contributed by atoms with van der Waals surface area (Å²) in [4.78, 5) is 37.5. The SMILES string of the molecule is O=C1c2ccccc2C(=O)N1CC1=NOC(c2ccc(-c3ccc(CF)cc3)cc2)N1CCN1CCOCC1. The third-order valence-electron chi connectivity index (χ3n) is 7.45. The summed E-state index contributed by atoms with van der Waals surface area (Å²) in [7, 11) is 0. The van der Waals surface area contributed by atoms with Crippen molar-refractivity contribution in [3.05, 3.63) is 95.1 Å². The van der Waals surface area contributed by atoms with Crippen LogP contribution in [-0.2, 0) is 16.2 Å². The zero-order chi connectivity index (χ0) is 26.8. The maximum atomic E-state index is 13.0. The predicted molar refractivity (Wildman–Crippen MR) is 144 cm³/mol. The Kier molecular flexibility index (Phi) is 7.08. The number of ether oxygens (including phenoxy) is 1. The first-order chi connectivity index (χ1) is 19.1. The first-order valence-electron chi connectivity index (χ1n) is 13.1. The number of carbonyl (C=O) groups excluding carboxylic acids is 2. The Labute approximate surface area is 226 Å². The zero-order valence-corrected chi connectivity index (χ0v) is 21.5. The molecular weight excluding hydrogens is 499 g/mol. The van der Waals surface area contributed by atoms with Crippen LogP contribution in [0.25, 0.3) is 11.1 Å². The fourth-order valence-electron chi connectivity index (χ4n) is 5.19. The van der Waals surface area contributed by atoms with E-state index in [1.807, 2.05) is 41.3 Å². The lowest BCUT2D eigenvalue weighted by molar-refractivity contribution is -0.00301. The molecule has 3 aliphatic heterocycles. The number of rotatable bonds is 8. The lowest BCUT2D eigenvalue weighted by Gasteiger charge is -2.31. The summed E-state index contributed by atoms with van der Waals surface area (Å²) in [5.74, 6) is -0.107. The second-order valence-corrected chi connectivity index (χ2v) is 9.81. The van der Waals surface area contributed by atoms with Crippen molar-refractivity contribution in [2.45, 2.75) is 12.9 Å². The largest absolute Gasteiger partial charge is 0.379 e. The molecule has 2 amide bonds. The molecule has 1 saturated heterocycles. The standard InChI is InChI=1S/C30H29FN4O4/c31-19-21-5-7-22(8-6-21)23-9-11-24(12-10-23)30-34(14-13-33-15-17-38-18-16-33)27(32-39-30)20-35-28(36)25-3-1-2-4-26(25)29(35)37/h1-12,30H,13-20H2. The highest BCUT2D eigenvalue weighted by molar-refractivity contribution is 6.22. The number of oxime groups is 1. The monoisotopic (exact) mass is 528 g/mol. The average molecular weight is 529 g/mol. The maximum Gasteiger partial charge on any atom is 0.261 e. The van der Waals surface area contributed by atoms with Gasteiger partial charge in [0.05, 0.1) is 30.9 Å². The van der Waals surface area contributed by atoms with E-state index in [9.17, 15) is 14.0 Å². The van der Waals surface area contributed by atoms with Crippen LogP contribution in [0.3, 0.4) is 0 Å². The van der Waals surface area contributed by atoms with E-state index in [0.29, 0.717) is 42.3 Å². The van der Waals surface area contributed by atoms with Crippen LogP contribution in [0.15, 0.2) is 78.0 Å². The molecule has 9 heteroatoms. The average Bonchev–Trinajstić information content (AvgIpc) is 3.51. The predicted octanol–water partition coefficient (Wildman–Crippen LogP) is 4.10. The van der Waals surface area contributed by atoms with Gasteiger partial charge < -0.3 is 14.5 Å². The molecule has 1 atom stereocenters. The molecule has 3 aliphatic rings. The maximum absolute atomic E-state index is 13.0. The number of benzene rings is 3. The van der Waals surface area contributed by atoms with Crippen molar-refractivity contribution in [3.63, 3.8) is 0 Å². The summed E-state index contributed by atoms with van der Waals surface area (Å²) in [6.45, 7) is 4.02. The molecule has 8 nitrogen and oxygen atoms in total. The van der Waals surface area contributed by atoms with E-state index < -0.39 is 12.9 Å². The number of fused-ring (bicyclic) bond motifs is 1. The Hall–Kier alpha value is -4.08. The third kappa shape index (κ3) is 5.03. The van der Waals surface area contributed by atoms with Crippen LogP contribution in [0.4, 0.5) is 4.39 Å². The second kappa shape index (κ2) is 11.0. The number of hydrogen-bond acceptors (Lipinski definition) is 7. The molecule has 0 aliphatic carbocycles. The van der Waals surface area contributed by atoms with Crippen molar-refractivity contribution in [1.82, 2.24) is 14.7 Å². The molecule has 0 spiro atoms. The molecule has 3 aromatic carbocycles. The Bertz CT molecular complexity index is 1350. The molecule has 0 aromatic heterocycles. The van der Waals surface area contributed by atoms with Crippen molar-refractivity contribution < 1.29 is 23.6 Å². The van der Waals surface area contributed by atoms with Crippen LogP contribution in [0.5, 0.6) is 0 Å². The van der Waals surface area contributed by atoms with Gasteiger partial charge in [0.2, 0.25) is 6.23 Å². The number of carbonyl (C=O) groups is 2. The number of alkyl halides is 1. The number of halogens is 1. The van der Waals surface area contributed by atoms with Gasteiger partial charge in [-0.2, -0.15) is 0 Å². The normalized spacial score (nSPS) is 19.3. The number of imide groups is 1. The van der Waals surface area contributed by atoms with E-state index in [4.69, 9.17) is 9.57 Å². The van der Waals surface area contributed by atoms with Crippen molar-refractivity contribution in [2.75, 3.05) is 45.9 Å². The van der Waals surface area contributed by atoms with Crippen LogP contribution in [0.2, 0.25) is 0 Å².